The van der Waals surface area contributed by atoms with Crippen LogP contribution in [0.15, 0.2) is 11.4 Å². The van der Waals surface area contributed by atoms with Crippen molar-refractivity contribution in [1.29, 1.82) is 0 Å². The van der Waals surface area contributed by atoms with E-state index >= 15 is 0 Å². The van der Waals surface area contributed by atoms with Gasteiger partial charge < -0.3 is 0 Å². The first-order valence-corrected chi connectivity index (χ1v) is 11.6. The van der Waals surface area contributed by atoms with E-state index in [0.29, 0.717) is 0 Å². The van der Waals surface area contributed by atoms with Crippen LogP contribution in [0.5, 0.6) is 0 Å². The van der Waals surface area contributed by atoms with E-state index < -0.39 is 0 Å². The predicted octanol–water partition coefficient (Wildman–Crippen LogP) is 7.33. The van der Waals surface area contributed by atoms with Crippen LogP contribution in [-0.2, 0) is 0 Å². The van der Waals surface area contributed by atoms with Crippen molar-refractivity contribution in [2.75, 3.05) is 12.3 Å². The lowest BCUT2D eigenvalue weighted by Gasteiger charge is -2.33. The van der Waals surface area contributed by atoms with Crippen molar-refractivity contribution in [1.82, 2.24) is 0 Å². The minimum Gasteiger partial charge on any atom is -0.0833 e. The molecule has 0 aromatic heterocycles. The second kappa shape index (κ2) is 10.0. The molecule has 0 bridgehead atoms. The zero-order valence-electron chi connectivity index (χ0n) is 14.6. The summed E-state index contributed by atoms with van der Waals surface area (Å²) >= 11 is 0. The molecule has 0 radical (unpaired) electrons. The van der Waals surface area contributed by atoms with E-state index in [1.165, 1.54) is 89.4 Å². The fourth-order valence-electron chi connectivity index (χ4n) is 4.44. The summed E-state index contributed by atoms with van der Waals surface area (Å²) in [6, 6.07) is 0. The van der Waals surface area contributed by atoms with Gasteiger partial charge in [-0.3, -0.25) is 0 Å². The third-order valence-electron chi connectivity index (χ3n) is 5.51. The standard InChI is InChI=1S/C20H37P/c1-3-15-21(16-4-2)17-20(18-11-7-5-8-12-18)19-13-9-6-10-14-19/h17-19H,3-16H2,1-2H3. The molecule has 122 valence electrons. The molecule has 2 aliphatic rings. The molecule has 0 nitrogen and oxygen atoms in total. The van der Waals surface area contributed by atoms with Gasteiger partial charge in [0.05, 0.1) is 0 Å². The predicted molar refractivity (Wildman–Crippen MR) is 98.5 cm³/mol. The van der Waals surface area contributed by atoms with Crippen molar-refractivity contribution in [3.8, 4) is 0 Å². The lowest BCUT2D eigenvalue weighted by molar-refractivity contribution is 0.327. The molecule has 0 N–H and O–H groups in total. The topological polar surface area (TPSA) is 0 Å². The Morgan fingerprint density at radius 1 is 0.762 bits per heavy atom. The van der Waals surface area contributed by atoms with Gasteiger partial charge in [-0.15, -0.1) is 0 Å². The van der Waals surface area contributed by atoms with Gasteiger partial charge in [-0.25, -0.2) is 0 Å². The Morgan fingerprint density at radius 3 is 1.57 bits per heavy atom. The zero-order valence-corrected chi connectivity index (χ0v) is 15.5. The summed E-state index contributed by atoms with van der Waals surface area (Å²) in [5.41, 5.74) is 1.96. The Hall–Kier alpha value is 0.170. The second-order valence-corrected chi connectivity index (χ2v) is 9.67. The van der Waals surface area contributed by atoms with E-state index in [-0.39, 0.29) is 7.92 Å². The molecule has 21 heavy (non-hydrogen) atoms. The van der Waals surface area contributed by atoms with Crippen molar-refractivity contribution in [2.45, 2.75) is 90.9 Å². The summed E-state index contributed by atoms with van der Waals surface area (Å²) in [6.07, 6.45) is 20.7. The van der Waals surface area contributed by atoms with Gasteiger partial charge in [0.2, 0.25) is 0 Å². The Bertz CT molecular complexity index is 269. The summed E-state index contributed by atoms with van der Waals surface area (Å²) < 4.78 is 0. The van der Waals surface area contributed by atoms with Crippen molar-refractivity contribution >= 4 is 7.92 Å². The monoisotopic (exact) mass is 308 g/mol. The Labute approximate surface area is 134 Å². The highest BCUT2D eigenvalue weighted by Crippen LogP contribution is 2.47. The highest BCUT2D eigenvalue weighted by Gasteiger charge is 2.26. The Morgan fingerprint density at radius 2 is 1.19 bits per heavy atom. The van der Waals surface area contributed by atoms with Crippen LogP contribution in [-0.4, -0.2) is 12.3 Å². The van der Waals surface area contributed by atoms with Gasteiger partial charge in [-0.2, -0.15) is 0 Å². The molecule has 2 rings (SSSR count). The molecule has 0 aromatic rings. The fourth-order valence-corrected chi connectivity index (χ4v) is 6.92. The first-order valence-electron chi connectivity index (χ1n) is 9.80. The van der Waals surface area contributed by atoms with Gasteiger partial charge in [0, 0.05) is 0 Å². The minimum atomic E-state index is 0.188. The molecule has 0 aromatic carbocycles. The molecule has 0 amide bonds. The van der Waals surface area contributed by atoms with Gasteiger partial charge in [0.15, 0.2) is 0 Å². The van der Waals surface area contributed by atoms with Gasteiger partial charge in [-0.1, -0.05) is 84.5 Å². The van der Waals surface area contributed by atoms with Crippen LogP contribution in [0.3, 0.4) is 0 Å². The van der Waals surface area contributed by atoms with Crippen LogP contribution in [0.25, 0.3) is 0 Å². The normalized spacial score (nSPS) is 21.7. The Kier molecular flexibility index (Phi) is 8.38. The van der Waals surface area contributed by atoms with E-state index in [9.17, 15) is 0 Å². The maximum atomic E-state index is 2.87. The molecule has 0 saturated heterocycles. The molecule has 2 saturated carbocycles. The molecule has 0 heterocycles. The molecular formula is C20H37P. The molecule has 0 spiro atoms. The van der Waals surface area contributed by atoms with Crippen LogP contribution < -0.4 is 0 Å². The minimum absolute atomic E-state index is 0.188. The van der Waals surface area contributed by atoms with Gasteiger partial charge in [0.25, 0.3) is 0 Å². The smallest absolute Gasteiger partial charge is 0.0197 e. The Balaban J connectivity index is 2.11. The summed E-state index contributed by atoms with van der Waals surface area (Å²) in [4.78, 5) is 0. The van der Waals surface area contributed by atoms with E-state index in [1.54, 1.807) is 0 Å². The van der Waals surface area contributed by atoms with Crippen LogP contribution in [0.2, 0.25) is 0 Å². The summed E-state index contributed by atoms with van der Waals surface area (Å²) in [5, 5.41) is 0. The number of hydrogen-bond acceptors (Lipinski definition) is 0. The van der Waals surface area contributed by atoms with Crippen molar-refractivity contribution < 1.29 is 0 Å². The average molecular weight is 308 g/mol. The lowest BCUT2D eigenvalue weighted by Crippen LogP contribution is -2.18. The largest absolute Gasteiger partial charge is 0.0833 e. The third-order valence-corrected chi connectivity index (χ3v) is 8.21. The van der Waals surface area contributed by atoms with Crippen molar-refractivity contribution in [3.63, 3.8) is 0 Å². The quantitative estimate of drug-likeness (QED) is 0.432. The first-order chi connectivity index (χ1) is 10.3. The highest BCUT2D eigenvalue weighted by molar-refractivity contribution is 7.60. The van der Waals surface area contributed by atoms with E-state index in [0.717, 1.165) is 11.8 Å². The van der Waals surface area contributed by atoms with Crippen LogP contribution in [0.4, 0.5) is 0 Å². The van der Waals surface area contributed by atoms with Gasteiger partial charge in [0.1, 0.15) is 0 Å². The molecule has 0 aliphatic heterocycles. The molecule has 2 aliphatic carbocycles. The molecule has 0 atom stereocenters. The van der Waals surface area contributed by atoms with Crippen LogP contribution >= 0.6 is 7.92 Å². The summed E-state index contributed by atoms with van der Waals surface area (Å²) in [5.74, 6) is 4.81. The average Bonchev–Trinajstić information content (AvgIpc) is 2.54. The van der Waals surface area contributed by atoms with Crippen LogP contribution in [0.1, 0.15) is 90.9 Å². The SMILES string of the molecule is CCCP(C=C(C1CCCCC1)C1CCCCC1)CCC. The molecule has 1 heteroatoms. The highest BCUT2D eigenvalue weighted by atomic mass is 31.1. The first kappa shape index (κ1) is 17.5. The lowest BCUT2D eigenvalue weighted by atomic mass is 9.74. The van der Waals surface area contributed by atoms with Crippen molar-refractivity contribution in [2.24, 2.45) is 11.8 Å². The van der Waals surface area contributed by atoms with E-state index in [4.69, 9.17) is 0 Å². The molecule has 0 unspecified atom stereocenters. The van der Waals surface area contributed by atoms with Crippen LogP contribution in [0, 0.1) is 11.8 Å². The van der Waals surface area contributed by atoms with E-state index in [2.05, 4.69) is 19.7 Å². The van der Waals surface area contributed by atoms with Gasteiger partial charge >= 0.3 is 0 Å². The second-order valence-electron chi connectivity index (χ2n) is 7.33. The zero-order chi connectivity index (χ0) is 14.9. The van der Waals surface area contributed by atoms with Gasteiger partial charge in [-0.05, 0) is 49.8 Å². The number of hydrogen-bond donors (Lipinski definition) is 0. The summed E-state index contributed by atoms with van der Waals surface area (Å²) in [6.45, 7) is 4.75. The number of rotatable bonds is 7. The van der Waals surface area contributed by atoms with Crippen molar-refractivity contribution in [3.05, 3.63) is 11.4 Å². The van der Waals surface area contributed by atoms with E-state index in [1.807, 2.05) is 5.57 Å². The summed E-state index contributed by atoms with van der Waals surface area (Å²) in [7, 11) is 0.188. The maximum Gasteiger partial charge on any atom is -0.0197 e. The molecule has 2 fully saturated rings. The fraction of sp³-hybridized carbons (Fsp3) is 0.900. The maximum absolute atomic E-state index is 2.87. The molecular weight excluding hydrogens is 271 g/mol. The number of allylic oxidation sites excluding steroid dienone is 1. The third kappa shape index (κ3) is 5.70.